The van der Waals surface area contributed by atoms with Crippen LogP contribution in [0.25, 0.3) is 0 Å². The van der Waals surface area contributed by atoms with Crippen LogP contribution >= 0.6 is 0 Å². The number of amides is 2. The Balaban J connectivity index is 1.58. The molecule has 2 amide bonds. The second kappa shape index (κ2) is 6.42. The number of hydrogen-bond acceptors (Lipinski definition) is 3. The number of urea groups is 1. The number of nitrogens with one attached hydrogen (secondary N) is 1. The molecule has 1 aromatic carbocycles. The topological polar surface area (TPSA) is 76.2 Å². The van der Waals surface area contributed by atoms with Crippen molar-refractivity contribution in [3.05, 3.63) is 53.6 Å². The molecule has 0 unspecified atom stereocenters. The molecule has 0 aliphatic carbocycles. The van der Waals surface area contributed by atoms with E-state index in [1.165, 1.54) is 5.56 Å². The SMILES string of the molecule is Cc1cccc(CNC(=O)N2C[C@@H](N)[C@H](c3cn(C)cn3)C2)c1. The molecule has 1 saturated heterocycles. The number of likely N-dealkylation sites (tertiary alicyclic amines) is 1. The van der Waals surface area contributed by atoms with Gasteiger partial charge in [0.2, 0.25) is 0 Å². The summed E-state index contributed by atoms with van der Waals surface area (Å²) in [7, 11) is 1.93. The van der Waals surface area contributed by atoms with Gasteiger partial charge in [0, 0.05) is 44.8 Å². The molecule has 2 atom stereocenters. The number of benzene rings is 1. The summed E-state index contributed by atoms with van der Waals surface area (Å²) in [6, 6.07) is 7.99. The largest absolute Gasteiger partial charge is 0.340 e. The fourth-order valence-corrected chi connectivity index (χ4v) is 3.04. The minimum absolute atomic E-state index is 0.0691. The van der Waals surface area contributed by atoms with Crippen LogP contribution in [-0.2, 0) is 13.6 Å². The predicted molar refractivity (Wildman–Crippen MR) is 88.9 cm³/mol. The molecule has 1 aliphatic rings. The number of carbonyl (C=O) groups is 1. The highest BCUT2D eigenvalue weighted by Crippen LogP contribution is 2.25. The molecule has 6 nitrogen and oxygen atoms in total. The lowest BCUT2D eigenvalue weighted by Crippen LogP contribution is -2.39. The molecule has 0 spiro atoms. The molecule has 3 rings (SSSR count). The highest BCUT2D eigenvalue weighted by Gasteiger charge is 2.35. The Bertz CT molecular complexity index is 696. The van der Waals surface area contributed by atoms with Crippen LogP contribution in [0.4, 0.5) is 4.79 Å². The van der Waals surface area contributed by atoms with Gasteiger partial charge < -0.3 is 20.5 Å². The van der Waals surface area contributed by atoms with E-state index in [4.69, 9.17) is 5.73 Å². The number of nitrogens with two attached hydrogens (primary N) is 1. The molecule has 1 aromatic heterocycles. The van der Waals surface area contributed by atoms with E-state index in [0.29, 0.717) is 19.6 Å². The molecule has 3 N–H and O–H groups in total. The third-order valence-electron chi connectivity index (χ3n) is 4.28. The summed E-state index contributed by atoms with van der Waals surface area (Å²) in [6.45, 7) is 3.74. The molecule has 23 heavy (non-hydrogen) atoms. The number of imidazole rings is 1. The maximum atomic E-state index is 12.4. The molecule has 2 aromatic rings. The summed E-state index contributed by atoms with van der Waals surface area (Å²) >= 11 is 0. The third kappa shape index (κ3) is 3.53. The third-order valence-corrected chi connectivity index (χ3v) is 4.28. The molecule has 1 fully saturated rings. The standard InChI is InChI=1S/C17H23N5O/c1-12-4-3-5-13(6-12)7-19-17(23)22-8-14(15(18)9-22)16-10-21(2)11-20-16/h3-6,10-11,14-15H,7-9,18H2,1-2H3,(H,19,23)/t14-,15-/m1/s1. The number of rotatable bonds is 3. The maximum absolute atomic E-state index is 12.4. The number of carbonyl (C=O) groups excluding carboxylic acids is 1. The van der Waals surface area contributed by atoms with Gasteiger partial charge >= 0.3 is 6.03 Å². The Labute approximate surface area is 136 Å². The van der Waals surface area contributed by atoms with Gasteiger partial charge in [-0.15, -0.1) is 0 Å². The summed E-state index contributed by atoms with van der Waals surface area (Å²) in [5.74, 6) is 0.0981. The van der Waals surface area contributed by atoms with E-state index in [9.17, 15) is 4.79 Å². The zero-order chi connectivity index (χ0) is 16.4. The number of aromatic nitrogens is 2. The Morgan fingerprint density at radius 2 is 2.26 bits per heavy atom. The van der Waals surface area contributed by atoms with Crippen molar-refractivity contribution in [1.82, 2.24) is 19.8 Å². The van der Waals surface area contributed by atoms with E-state index in [-0.39, 0.29) is 18.0 Å². The van der Waals surface area contributed by atoms with Crippen molar-refractivity contribution in [2.24, 2.45) is 12.8 Å². The van der Waals surface area contributed by atoms with Crippen molar-refractivity contribution in [2.45, 2.75) is 25.4 Å². The Morgan fingerprint density at radius 3 is 2.96 bits per heavy atom. The quantitative estimate of drug-likeness (QED) is 0.898. The molecule has 6 heteroatoms. The first-order valence-corrected chi connectivity index (χ1v) is 7.84. The van der Waals surface area contributed by atoms with Gasteiger partial charge in [-0.25, -0.2) is 9.78 Å². The molecule has 1 aliphatic heterocycles. The first kappa shape index (κ1) is 15.6. The van der Waals surface area contributed by atoms with E-state index in [1.807, 2.05) is 42.9 Å². The van der Waals surface area contributed by atoms with E-state index in [0.717, 1.165) is 11.3 Å². The van der Waals surface area contributed by atoms with Crippen LogP contribution in [-0.4, -0.2) is 39.6 Å². The van der Waals surface area contributed by atoms with Crippen LogP contribution < -0.4 is 11.1 Å². The van der Waals surface area contributed by atoms with E-state index < -0.39 is 0 Å². The van der Waals surface area contributed by atoms with Gasteiger partial charge in [0.05, 0.1) is 12.0 Å². The predicted octanol–water partition coefficient (Wildman–Crippen LogP) is 1.36. The zero-order valence-corrected chi connectivity index (χ0v) is 13.6. The highest BCUT2D eigenvalue weighted by molar-refractivity contribution is 5.74. The second-order valence-corrected chi connectivity index (χ2v) is 6.29. The van der Waals surface area contributed by atoms with Gasteiger partial charge in [0.25, 0.3) is 0 Å². The Kier molecular flexibility index (Phi) is 4.34. The monoisotopic (exact) mass is 313 g/mol. The first-order chi connectivity index (χ1) is 11.0. The molecular weight excluding hydrogens is 290 g/mol. The van der Waals surface area contributed by atoms with Gasteiger partial charge in [-0.2, -0.15) is 0 Å². The molecule has 2 heterocycles. The molecule has 0 radical (unpaired) electrons. The lowest BCUT2D eigenvalue weighted by Gasteiger charge is -2.17. The number of hydrogen-bond donors (Lipinski definition) is 2. The molecule has 122 valence electrons. The summed E-state index contributed by atoms with van der Waals surface area (Å²) in [5, 5.41) is 2.97. The van der Waals surface area contributed by atoms with Crippen molar-refractivity contribution < 1.29 is 4.79 Å². The van der Waals surface area contributed by atoms with Crippen molar-refractivity contribution in [3.63, 3.8) is 0 Å². The average Bonchev–Trinajstić information content (AvgIpc) is 3.11. The van der Waals surface area contributed by atoms with Crippen LogP contribution in [0.15, 0.2) is 36.8 Å². The molecule has 0 saturated carbocycles. The summed E-state index contributed by atoms with van der Waals surface area (Å²) in [6.07, 6.45) is 3.74. The fourth-order valence-electron chi connectivity index (χ4n) is 3.04. The van der Waals surface area contributed by atoms with Gasteiger partial charge in [0.1, 0.15) is 0 Å². The van der Waals surface area contributed by atoms with E-state index >= 15 is 0 Å². The summed E-state index contributed by atoms with van der Waals surface area (Å²) in [5.41, 5.74) is 9.45. The maximum Gasteiger partial charge on any atom is 0.317 e. The molecule has 0 bridgehead atoms. The van der Waals surface area contributed by atoms with Crippen LogP contribution in [0.1, 0.15) is 22.7 Å². The second-order valence-electron chi connectivity index (χ2n) is 6.29. The number of nitrogens with zero attached hydrogens (tertiary/aromatic N) is 3. The van der Waals surface area contributed by atoms with Crippen molar-refractivity contribution in [3.8, 4) is 0 Å². The Hall–Kier alpha value is -2.34. The van der Waals surface area contributed by atoms with Gasteiger partial charge in [0.15, 0.2) is 0 Å². The lowest BCUT2D eigenvalue weighted by molar-refractivity contribution is 0.207. The average molecular weight is 313 g/mol. The zero-order valence-electron chi connectivity index (χ0n) is 13.6. The van der Waals surface area contributed by atoms with Crippen LogP contribution in [0, 0.1) is 6.92 Å². The van der Waals surface area contributed by atoms with Crippen LogP contribution in [0.3, 0.4) is 0 Å². The highest BCUT2D eigenvalue weighted by atomic mass is 16.2. The van der Waals surface area contributed by atoms with E-state index in [2.05, 4.69) is 16.4 Å². The first-order valence-electron chi connectivity index (χ1n) is 7.84. The summed E-state index contributed by atoms with van der Waals surface area (Å²) < 4.78 is 1.91. The smallest absolute Gasteiger partial charge is 0.317 e. The van der Waals surface area contributed by atoms with Gasteiger partial charge in [-0.05, 0) is 12.5 Å². The van der Waals surface area contributed by atoms with E-state index in [1.54, 1.807) is 11.2 Å². The Morgan fingerprint density at radius 1 is 1.43 bits per heavy atom. The van der Waals surface area contributed by atoms with Crippen LogP contribution in [0.5, 0.6) is 0 Å². The van der Waals surface area contributed by atoms with Gasteiger partial charge in [-0.3, -0.25) is 0 Å². The van der Waals surface area contributed by atoms with Crippen molar-refractivity contribution in [2.75, 3.05) is 13.1 Å². The minimum atomic E-state index is -0.0744. The van der Waals surface area contributed by atoms with Crippen molar-refractivity contribution >= 4 is 6.03 Å². The number of aryl methyl sites for hydroxylation is 2. The minimum Gasteiger partial charge on any atom is -0.340 e. The summed E-state index contributed by atoms with van der Waals surface area (Å²) in [4.78, 5) is 18.5. The normalized spacial score (nSPS) is 20.7. The van der Waals surface area contributed by atoms with Gasteiger partial charge in [-0.1, -0.05) is 29.8 Å². The van der Waals surface area contributed by atoms with Crippen LogP contribution in [0.2, 0.25) is 0 Å². The fraction of sp³-hybridized carbons (Fsp3) is 0.412. The van der Waals surface area contributed by atoms with Crippen molar-refractivity contribution in [1.29, 1.82) is 0 Å². The lowest BCUT2D eigenvalue weighted by atomic mass is 10.0. The molecular formula is C17H23N5O.